The van der Waals surface area contributed by atoms with Crippen molar-refractivity contribution in [2.75, 3.05) is 0 Å². The highest BCUT2D eigenvalue weighted by Gasteiger charge is 2.12. The molecule has 0 spiro atoms. The summed E-state index contributed by atoms with van der Waals surface area (Å²) in [6, 6.07) is 28.3. The lowest BCUT2D eigenvalue weighted by atomic mass is 10.0. The molecule has 4 rings (SSSR count). The fourth-order valence-electron chi connectivity index (χ4n) is 3.39. The zero-order valence-electron chi connectivity index (χ0n) is 16.3. The topological polar surface area (TPSA) is 33.0 Å². The summed E-state index contributed by atoms with van der Waals surface area (Å²) in [7, 11) is 0. The lowest BCUT2D eigenvalue weighted by Gasteiger charge is -2.13. The van der Waals surface area contributed by atoms with E-state index in [1.165, 1.54) is 10.8 Å². The molecule has 2 nitrogen and oxygen atoms in total. The number of fused-ring (bicyclic) bond motifs is 1. The van der Waals surface area contributed by atoms with Crippen molar-refractivity contribution in [1.29, 1.82) is 5.26 Å². The van der Waals surface area contributed by atoms with Gasteiger partial charge in [0.1, 0.15) is 12.4 Å². The Bertz CT molecular complexity index is 1310. The van der Waals surface area contributed by atoms with Crippen molar-refractivity contribution in [3.8, 4) is 11.8 Å². The van der Waals surface area contributed by atoms with Crippen molar-refractivity contribution >= 4 is 79.2 Å². The molecule has 0 saturated heterocycles. The van der Waals surface area contributed by atoms with Gasteiger partial charge >= 0.3 is 0 Å². The first-order valence-electron chi connectivity index (χ1n) is 9.52. The number of hydrogen-bond acceptors (Lipinski definition) is 2. The molecular weight excluding hydrogens is 632 g/mol. The summed E-state index contributed by atoms with van der Waals surface area (Å²) in [4.78, 5) is 0. The zero-order valence-corrected chi connectivity index (χ0v) is 21.4. The third-order valence-electron chi connectivity index (χ3n) is 4.87. The summed E-state index contributed by atoms with van der Waals surface area (Å²) in [5, 5.41) is 12.6. The molecule has 0 aliphatic rings. The smallest absolute Gasteiger partial charge is 0.146 e. The summed E-state index contributed by atoms with van der Waals surface area (Å²) in [5.41, 5.74) is 3.34. The van der Waals surface area contributed by atoms with Crippen molar-refractivity contribution in [2.45, 2.75) is 6.61 Å². The third-order valence-corrected chi connectivity index (χ3v) is 6.80. The van der Waals surface area contributed by atoms with Crippen LogP contribution in [0.5, 0.6) is 5.75 Å². The number of benzene rings is 4. The van der Waals surface area contributed by atoms with E-state index in [0.717, 1.165) is 29.6 Å². The fraction of sp³-hybridized carbons (Fsp3) is 0.0385. The predicted molar refractivity (Wildman–Crippen MR) is 145 cm³/mol. The first kappa shape index (κ1) is 22.1. The van der Waals surface area contributed by atoms with Gasteiger partial charge in [0, 0.05) is 10.6 Å². The molecule has 0 unspecified atom stereocenters. The SMILES string of the molecule is N#CC(=Cc1cc(I)c(OCc2cccc3ccccc23)c(I)c1)c1ccccc1Cl. The number of hydrogen-bond donors (Lipinski definition) is 0. The molecule has 0 amide bonds. The number of rotatable bonds is 5. The van der Waals surface area contributed by atoms with E-state index in [0.29, 0.717) is 17.2 Å². The van der Waals surface area contributed by atoms with Gasteiger partial charge in [-0.3, -0.25) is 0 Å². The minimum Gasteiger partial charge on any atom is -0.487 e. The van der Waals surface area contributed by atoms with Gasteiger partial charge in [-0.15, -0.1) is 0 Å². The van der Waals surface area contributed by atoms with Gasteiger partial charge in [-0.25, -0.2) is 0 Å². The van der Waals surface area contributed by atoms with Gasteiger partial charge in [0.25, 0.3) is 0 Å². The molecule has 0 atom stereocenters. The van der Waals surface area contributed by atoms with Gasteiger partial charge in [-0.05, 0) is 91.4 Å². The number of halogens is 3. The summed E-state index contributed by atoms with van der Waals surface area (Å²) in [6.07, 6.45) is 1.86. The van der Waals surface area contributed by atoms with Crippen molar-refractivity contribution in [1.82, 2.24) is 0 Å². The molecule has 4 aromatic carbocycles. The fourth-order valence-corrected chi connectivity index (χ4v) is 5.75. The molecule has 0 heterocycles. The number of ether oxygens (including phenoxy) is 1. The molecule has 31 heavy (non-hydrogen) atoms. The lowest BCUT2D eigenvalue weighted by molar-refractivity contribution is 0.303. The van der Waals surface area contributed by atoms with Crippen LogP contribution in [-0.2, 0) is 6.61 Å². The summed E-state index contributed by atoms with van der Waals surface area (Å²) in [5.74, 6) is 0.850. The van der Waals surface area contributed by atoms with Crippen LogP contribution in [0.25, 0.3) is 22.4 Å². The highest BCUT2D eigenvalue weighted by molar-refractivity contribution is 14.1. The van der Waals surface area contributed by atoms with E-state index in [1.54, 1.807) is 6.07 Å². The van der Waals surface area contributed by atoms with Crippen LogP contribution in [0.2, 0.25) is 5.02 Å². The monoisotopic (exact) mass is 647 g/mol. The van der Waals surface area contributed by atoms with Crippen LogP contribution in [0.1, 0.15) is 16.7 Å². The molecule has 5 heteroatoms. The Morgan fingerprint density at radius 2 is 1.61 bits per heavy atom. The maximum absolute atomic E-state index is 9.65. The normalized spacial score (nSPS) is 11.4. The van der Waals surface area contributed by atoms with Crippen LogP contribution in [-0.4, -0.2) is 0 Å². The van der Waals surface area contributed by atoms with Gasteiger partial charge in [0.2, 0.25) is 0 Å². The minimum absolute atomic E-state index is 0.492. The minimum atomic E-state index is 0.492. The van der Waals surface area contributed by atoms with Crippen molar-refractivity contribution in [2.24, 2.45) is 0 Å². The molecule has 0 aliphatic carbocycles. The van der Waals surface area contributed by atoms with Crippen LogP contribution in [0, 0.1) is 18.5 Å². The molecule has 0 fully saturated rings. The third kappa shape index (κ3) is 5.05. The average molecular weight is 648 g/mol. The first-order chi connectivity index (χ1) is 15.1. The molecule has 0 saturated carbocycles. The average Bonchev–Trinajstić information content (AvgIpc) is 2.77. The Morgan fingerprint density at radius 1 is 0.935 bits per heavy atom. The van der Waals surface area contributed by atoms with Crippen molar-refractivity contribution in [3.05, 3.63) is 108 Å². The summed E-state index contributed by atoms with van der Waals surface area (Å²) < 4.78 is 8.22. The Morgan fingerprint density at radius 3 is 2.35 bits per heavy atom. The lowest BCUT2D eigenvalue weighted by Crippen LogP contribution is -2.00. The van der Waals surface area contributed by atoms with E-state index < -0.39 is 0 Å². The second kappa shape index (κ2) is 10.0. The van der Waals surface area contributed by atoms with E-state index in [-0.39, 0.29) is 0 Å². The van der Waals surface area contributed by atoms with Gasteiger partial charge < -0.3 is 4.74 Å². The van der Waals surface area contributed by atoms with Gasteiger partial charge in [-0.2, -0.15) is 5.26 Å². The van der Waals surface area contributed by atoms with Gasteiger partial charge in [-0.1, -0.05) is 72.3 Å². The highest BCUT2D eigenvalue weighted by Crippen LogP contribution is 2.32. The van der Waals surface area contributed by atoms with E-state index in [4.69, 9.17) is 16.3 Å². The van der Waals surface area contributed by atoms with E-state index >= 15 is 0 Å². The Hall–Kier alpha value is -2.08. The molecule has 0 N–H and O–H groups in total. The van der Waals surface area contributed by atoms with Crippen LogP contribution in [0.3, 0.4) is 0 Å². The second-order valence-corrected chi connectivity index (χ2v) is 9.62. The van der Waals surface area contributed by atoms with Crippen LogP contribution < -0.4 is 4.74 Å². The quantitative estimate of drug-likeness (QED) is 0.124. The number of nitrogens with zero attached hydrogens (tertiary/aromatic N) is 1. The highest BCUT2D eigenvalue weighted by atomic mass is 127. The Kier molecular flexibility index (Phi) is 7.16. The molecule has 152 valence electrons. The largest absolute Gasteiger partial charge is 0.487 e. The van der Waals surface area contributed by atoms with Crippen molar-refractivity contribution in [3.63, 3.8) is 0 Å². The zero-order chi connectivity index (χ0) is 21.8. The predicted octanol–water partition coefficient (Wildman–Crippen LogP) is 8.35. The van der Waals surface area contributed by atoms with Crippen LogP contribution >= 0.6 is 56.8 Å². The Labute approximate surface area is 213 Å². The van der Waals surface area contributed by atoms with E-state index in [2.05, 4.69) is 81.6 Å². The van der Waals surface area contributed by atoms with E-state index in [9.17, 15) is 5.26 Å². The van der Waals surface area contributed by atoms with E-state index in [1.807, 2.05) is 48.5 Å². The molecule has 0 aromatic heterocycles. The first-order valence-corrected chi connectivity index (χ1v) is 12.1. The molecule has 4 aromatic rings. The second-order valence-electron chi connectivity index (χ2n) is 6.89. The molecule has 0 bridgehead atoms. The van der Waals surface area contributed by atoms with Crippen molar-refractivity contribution < 1.29 is 4.74 Å². The summed E-state index contributed by atoms with van der Waals surface area (Å²) >= 11 is 10.8. The molecule has 0 radical (unpaired) electrons. The number of nitriles is 1. The van der Waals surface area contributed by atoms with Gasteiger partial charge in [0.05, 0.1) is 18.8 Å². The maximum atomic E-state index is 9.65. The molecule has 0 aliphatic heterocycles. The maximum Gasteiger partial charge on any atom is 0.146 e. The number of allylic oxidation sites excluding steroid dienone is 1. The standard InChI is InChI=1S/C26H16ClI2NO/c27-23-11-4-3-10-22(23)20(15-30)12-17-13-24(28)26(25(29)14-17)31-16-19-8-5-7-18-6-1-2-9-21(18)19/h1-14H,16H2. The summed E-state index contributed by atoms with van der Waals surface area (Å²) in [6.45, 7) is 0.492. The molecular formula is C26H16ClI2NO. The van der Waals surface area contributed by atoms with Crippen LogP contribution in [0.15, 0.2) is 78.9 Å². The Balaban J connectivity index is 1.62. The van der Waals surface area contributed by atoms with Crippen LogP contribution in [0.4, 0.5) is 0 Å². The van der Waals surface area contributed by atoms with Gasteiger partial charge in [0.15, 0.2) is 0 Å².